The summed E-state index contributed by atoms with van der Waals surface area (Å²) in [7, 11) is 0. The summed E-state index contributed by atoms with van der Waals surface area (Å²) in [6.45, 7) is 3.51. The first kappa shape index (κ1) is 9.02. The zero-order valence-corrected chi connectivity index (χ0v) is 7.42. The zero-order valence-electron chi connectivity index (χ0n) is 7.42. The standard InChI is InChI=1S/C9H8N4/c1-5-6(2)13-9(12)8(4-11)7(5)3-10/h1-2H3,(H2,12,13). The molecule has 0 bridgehead atoms. The summed E-state index contributed by atoms with van der Waals surface area (Å²) in [6.07, 6.45) is 0. The molecule has 4 heteroatoms. The van der Waals surface area contributed by atoms with Crippen LogP contribution in [0.3, 0.4) is 0 Å². The van der Waals surface area contributed by atoms with Crippen LogP contribution in [0.4, 0.5) is 5.82 Å². The largest absolute Gasteiger partial charge is 0.383 e. The number of hydrogen-bond acceptors (Lipinski definition) is 4. The van der Waals surface area contributed by atoms with Crippen LogP contribution in [0, 0.1) is 36.5 Å². The van der Waals surface area contributed by atoms with Crippen LogP contribution in [0.2, 0.25) is 0 Å². The molecule has 1 aromatic rings. The molecule has 0 unspecified atom stereocenters. The van der Waals surface area contributed by atoms with E-state index in [4.69, 9.17) is 16.3 Å². The zero-order chi connectivity index (χ0) is 10.0. The molecule has 0 aliphatic carbocycles. The fourth-order valence-corrected chi connectivity index (χ4v) is 1.07. The Bertz CT molecular complexity index is 434. The van der Waals surface area contributed by atoms with E-state index in [0.29, 0.717) is 16.8 Å². The number of nitriles is 2. The van der Waals surface area contributed by atoms with E-state index >= 15 is 0 Å². The van der Waals surface area contributed by atoms with Gasteiger partial charge in [0, 0.05) is 5.69 Å². The summed E-state index contributed by atoms with van der Waals surface area (Å²) in [6, 6.07) is 3.83. The van der Waals surface area contributed by atoms with Crippen molar-refractivity contribution in [3.05, 3.63) is 22.4 Å². The quantitative estimate of drug-likeness (QED) is 0.633. The molecule has 1 aromatic heterocycles. The highest BCUT2D eigenvalue weighted by molar-refractivity contribution is 5.61. The molecule has 0 aromatic carbocycles. The average molecular weight is 172 g/mol. The Morgan fingerprint density at radius 1 is 1.15 bits per heavy atom. The second kappa shape index (κ2) is 3.12. The Balaban J connectivity index is 3.66. The van der Waals surface area contributed by atoms with Crippen molar-refractivity contribution >= 4 is 5.82 Å². The van der Waals surface area contributed by atoms with Gasteiger partial charge < -0.3 is 5.73 Å². The molecule has 13 heavy (non-hydrogen) atoms. The van der Waals surface area contributed by atoms with Gasteiger partial charge in [-0.25, -0.2) is 4.98 Å². The number of nitrogen functional groups attached to an aromatic ring is 1. The summed E-state index contributed by atoms with van der Waals surface area (Å²) in [5.74, 6) is 0.127. The van der Waals surface area contributed by atoms with E-state index in [9.17, 15) is 0 Å². The maximum absolute atomic E-state index is 8.79. The van der Waals surface area contributed by atoms with Gasteiger partial charge in [-0.1, -0.05) is 0 Å². The number of anilines is 1. The fraction of sp³-hybridized carbons (Fsp3) is 0.222. The van der Waals surface area contributed by atoms with E-state index in [1.807, 2.05) is 12.1 Å². The average Bonchev–Trinajstić information content (AvgIpc) is 2.10. The van der Waals surface area contributed by atoms with Crippen LogP contribution in [0.25, 0.3) is 0 Å². The number of aryl methyl sites for hydroxylation is 1. The Hall–Kier alpha value is -2.07. The van der Waals surface area contributed by atoms with Crippen LogP contribution in [0.5, 0.6) is 0 Å². The van der Waals surface area contributed by atoms with E-state index in [1.165, 1.54) is 0 Å². The first-order chi connectivity index (χ1) is 6.11. The minimum atomic E-state index is 0.127. The summed E-state index contributed by atoms with van der Waals surface area (Å²) < 4.78 is 0. The predicted octanol–water partition coefficient (Wildman–Crippen LogP) is 1.02. The molecule has 0 radical (unpaired) electrons. The predicted molar refractivity (Wildman–Crippen MR) is 47.6 cm³/mol. The van der Waals surface area contributed by atoms with Crippen LogP contribution in [-0.2, 0) is 0 Å². The van der Waals surface area contributed by atoms with Gasteiger partial charge >= 0.3 is 0 Å². The van der Waals surface area contributed by atoms with Crippen molar-refractivity contribution in [2.45, 2.75) is 13.8 Å². The molecular weight excluding hydrogens is 164 g/mol. The molecule has 0 spiro atoms. The number of rotatable bonds is 0. The molecular formula is C9H8N4. The molecule has 0 aliphatic heterocycles. The molecule has 1 rings (SSSR count). The van der Waals surface area contributed by atoms with E-state index in [1.54, 1.807) is 13.8 Å². The molecule has 2 N–H and O–H groups in total. The number of nitrogens with zero attached hydrogens (tertiary/aromatic N) is 3. The van der Waals surface area contributed by atoms with Crippen molar-refractivity contribution in [1.29, 1.82) is 10.5 Å². The molecule has 64 valence electrons. The van der Waals surface area contributed by atoms with Crippen LogP contribution < -0.4 is 5.73 Å². The van der Waals surface area contributed by atoms with Crippen molar-refractivity contribution in [2.24, 2.45) is 0 Å². The van der Waals surface area contributed by atoms with E-state index in [-0.39, 0.29) is 11.4 Å². The minimum absolute atomic E-state index is 0.127. The molecule has 0 saturated heterocycles. The Kier molecular flexibility index (Phi) is 2.17. The summed E-state index contributed by atoms with van der Waals surface area (Å²) in [5, 5.41) is 17.5. The van der Waals surface area contributed by atoms with Crippen LogP contribution in [0.1, 0.15) is 22.4 Å². The van der Waals surface area contributed by atoms with Gasteiger partial charge in [0.05, 0.1) is 5.56 Å². The topological polar surface area (TPSA) is 86.5 Å². The second-order valence-electron chi connectivity index (χ2n) is 2.68. The van der Waals surface area contributed by atoms with E-state index < -0.39 is 0 Å². The van der Waals surface area contributed by atoms with Crippen LogP contribution in [-0.4, -0.2) is 4.98 Å². The van der Waals surface area contributed by atoms with Gasteiger partial charge in [0.2, 0.25) is 0 Å². The van der Waals surface area contributed by atoms with Gasteiger partial charge in [0.25, 0.3) is 0 Å². The Morgan fingerprint density at radius 3 is 2.15 bits per heavy atom. The summed E-state index contributed by atoms with van der Waals surface area (Å²) in [4.78, 5) is 3.96. The Morgan fingerprint density at radius 2 is 1.69 bits per heavy atom. The van der Waals surface area contributed by atoms with Crippen molar-refractivity contribution < 1.29 is 0 Å². The summed E-state index contributed by atoms with van der Waals surface area (Å²) >= 11 is 0. The Labute approximate surface area is 76.2 Å². The lowest BCUT2D eigenvalue weighted by Gasteiger charge is -2.05. The maximum atomic E-state index is 8.79. The third-order valence-electron chi connectivity index (χ3n) is 1.94. The number of hydrogen-bond donors (Lipinski definition) is 1. The summed E-state index contributed by atoms with van der Waals surface area (Å²) in [5.41, 5.74) is 7.39. The van der Waals surface area contributed by atoms with Gasteiger partial charge in [-0.3, -0.25) is 0 Å². The normalized spacial score (nSPS) is 8.92. The van der Waals surface area contributed by atoms with Gasteiger partial charge in [-0.05, 0) is 19.4 Å². The van der Waals surface area contributed by atoms with Gasteiger partial charge in [-0.15, -0.1) is 0 Å². The third-order valence-corrected chi connectivity index (χ3v) is 1.94. The van der Waals surface area contributed by atoms with Crippen molar-refractivity contribution in [1.82, 2.24) is 4.98 Å². The molecule has 0 atom stereocenters. The number of pyridine rings is 1. The first-order valence-corrected chi connectivity index (χ1v) is 3.68. The highest BCUT2D eigenvalue weighted by Gasteiger charge is 2.12. The number of aromatic nitrogens is 1. The monoisotopic (exact) mass is 172 g/mol. The van der Waals surface area contributed by atoms with Crippen molar-refractivity contribution in [3.63, 3.8) is 0 Å². The highest BCUT2D eigenvalue weighted by Crippen LogP contribution is 2.19. The van der Waals surface area contributed by atoms with Gasteiger partial charge in [-0.2, -0.15) is 10.5 Å². The molecule has 0 saturated carbocycles. The first-order valence-electron chi connectivity index (χ1n) is 3.68. The highest BCUT2D eigenvalue weighted by atomic mass is 14.8. The van der Waals surface area contributed by atoms with Gasteiger partial charge in [0.1, 0.15) is 23.5 Å². The molecule has 4 nitrogen and oxygen atoms in total. The van der Waals surface area contributed by atoms with Crippen molar-refractivity contribution in [3.8, 4) is 12.1 Å². The SMILES string of the molecule is Cc1nc(N)c(C#N)c(C#N)c1C. The van der Waals surface area contributed by atoms with E-state index in [0.717, 1.165) is 0 Å². The minimum Gasteiger partial charge on any atom is -0.383 e. The van der Waals surface area contributed by atoms with Crippen LogP contribution in [0.15, 0.2) is 0 Å². The second-order valence-corrected chi connectivity index (χ2v) is 2.68. The molecule has 0 amide bonds. The van der Waals surface area contributed by atoms with Gasteiger partial charge in [0.15, 0.2) is 0 Å². The number of nitrogens with two attached hydrogens (primary N) is 1. The molecule has 0 fully saturated rings. The third kappa shape index (κ3) is 1.30. The lowest BCUT2D eigenvalue weighted by Crippen LogP contribution is -2.03. The molecule has 1 heterocycles. The molecule has 0 aliphatic rings. The lowest BCUT2D eigenvalue weighted by molar-refractivity contribution is 1.14. The van der Waals surface area contributed by atoms with Crippen molar-refractivity contribution in [2.75, 3.05) is 5.73 Å². The smallest absolute Gasteiger partial charge is 0.143 e. The fourth-order valence-electron chi connectivity index (χ4n) is 1.07. The van der Waals surface area contributed by atoms with E-state index in [2.05, 4.69) is 4.98 Å². The maximum Gasteiger partial charge on any atom is 0.143 e. The van der Waals surface area contributed by atoms with Crippen LogP contribution >= 0.6 is 0 Å². The lowest BCUT2D eigenvalue weighted by atomic mass is 10.0.